The van der Waals surface area contributed by atoms with E-state index in [-0.39, 0.29) is 22.8 Å². The number of halogens is 1. The van der Waals surface area contributed by atoms with Gasteiger partial charge in [0, 0.05) is 16.4 Å². The van der Waals surface area contributed by atoms with Crippen LogP contribution in [-0.2, 0) is 4.79 Å². The zero-order valence-electron chi connectivity index (χ0n) is 17.6. The maximum absolute atomic E-state index is 13.5. The van der Waals surface area contributed by atoms with Gasteiger partial charge in [-0.25, -0.2) is 0 Å². The third-order valence-corrected chi connectivity index (χ3v) is 5.81. The Balaban J connectivity index is 1.82. The number of amides is 1. The number of carbonyl (C=O) groups is 2. The molecular weight excluding hydrogens is 478 g/mol. The largest absolute Gasteiger partial charge is 0.504 e. The minimum absolute atomic E-state index is 0.0274. The second-order valence-electron chi connectivity index (χ2n) is 7.45. The van der Waals surface area contributed by atoms with Crippen molar-refractivity contribution >= 4 is 38.6 Å². The summed E-state index contributed by atoms with van der Waals surface area (Å²) in [6.45, 7) is 4.36. The molecule has 0 fully saturated rings. The van der Waals surface area contributed by atoms with Crippen molar-refractivity contribution in [3.8, 4) is 11.5 Å². The molecule has 7 nitrogen and oxygen atoms in total. The number of aliphatic hydroxyl groups excluding tert-OH is 1. The minimum Gasteiger partial charge on any atom is -0.504 e. The van der Waals surface area contributed by atoms with Crippen LogP contribution in [0, 0.1) is 0 Å². The van der Waals surface area contributed by atoms with E-state index in [0.29, 0.717) is 30.7 Å². The number of furan rings is 1. The predicted octanol–water partition coefficient (Wildman–Crippen LogP) is 5.29. The molecule has 1 aromatic heterocycles. The highest BCUT2D eigenvalue weighted by molar-refractivity contribution is 9.10. The number of aromatic hydroxyl groups is 1. The van der Waals surface area contributed by atoms with Gasteiger partial charge in [0.1, 0.15) is 5.58 Å². The maximum Gasteiger partial charge on any atom is 0.290 e. The molecule has 4 rings (SSSR count). The smallest absolute Gasteiger partial charge is 0.290 e. The Hall–Kier alpha value is -3.26. The first kappa shape index (κ1) is 22.0. The number of benzene rings is 2. The number of fused-ring (bicyclic) bond motifs is 1. The Morgan fingerprint density at radius 3 is 2.66 bits per heavy atom. The number of ketones is 1. The zero-order valence-corrected chi connectivity index (χ0v) is 19.2. The third-order valence-electron chi connectivity index (χ3n) is 5.31. The molecule has 0 spiro atoms. The van der Waals surface area contributed by atoms with Gasteiger partial charge < -0.3 is 24.3 Å². The molecule has 8 heteroatoms. The predicted molar refractivity (Wildman–Crippen MR) is 122 cm³/mol. The topological polar surface area (TPSA) is 100 Å². The number of phenolic OH excluding ortho intramolecular Hbond substituents is 1. The Bertz CT molecular complexity index is 1240. The highest BCUT2D eigenvalue weighted by atomic mass is 79.9. The summed E-state index contributed by atoms with van der Waals surface area (Å²) in [4.78, 5) is 27.8. The number of hydrogen-bond donors (Lipinski definition) is 2. The quantitative estimate of drug-likeness (QED) is 0.428. The van der Waals surface area contributed by atoms with Crippen LogP contribution in [0.4, 0.5) is 0 Å². The maximum atomic E-state index is 13.5. The normalized spacial score (nSPS) is 16.3. The SMILES string of the molecule is CCCN1C(=O)C(O)=C(C(=O)c2cc3cc(Br)ccc3o2)C1c1ccc(O)c(OCC)c1. The van der Waals surface area contributed by atoms with Crippen LogP contribution in [0.5, 0.6) is 11.5 Å². The first-order chi connectivity index (χ1) is 15.3. The molecule has 0 aliphatic carbocycles. The summed E-state index contributed by atoms with van der Waals surface area (Å²) in [5.74, 6) is -1.57. The van der Waals surface area contributed by atoms with E-state index >= 15 is 0 Å². The van der Waals surface area contributed by atoms with Crippen molar-refractivity contribution < 1.29 is 29.0 Å². The monoisotopic (exact) mass is 499 g/mol. The third kappa shape index (κ3) is 3.75. The van der Waals surface area contributed by atoms with Crippen LogP contribution in [0.15, 0.2) is 62.7 Å². The molecule has 32 heavy (non-hydrogen) atoms. The van der Waals surface area contributed by atoms with E-state index < -0.39 is 23.5 Å². The summed E-state index contributed by atoms with van der Waals surface area (Å²) in [6.07, 6.45) is 0.631. The van der Waals surface area contributed by atoms with Crippen molar-refractivity contribution in [2.24, 2.45) is 0 Å². The molecule has 0 radical (unpaired) electrons. The number of nitrogens with zero attached hydrogens (tertiary/aromatic N) is 1. The summed E-state index contributed by atoms with van der Waals surface area (Å²) in [5, 5.41) is 21.5. The fourth-order valence-electron chi connectivity index (χ4n) is 3.93. The van der Waals surface area contributed by atoms with E-state index in [1.165, 1.54) is 11.0 Å². The van der Waals surface area contributed by atoms with Gasteiger partial charge in [-0.05, 0) is 55.3 Å². The van der Waals surface area contributed by atoms with Crippen LogP contribution >= 0.6 is 15.9 Å². The lowest BCUT2D eigenvalue weighted by Gasteiger charge is -2.26. The molecule has 0 saturated carbocycles. The van der Waals surface area contributed by atoms with E-state index in [9.17, 15) is 19.8 Å². The van der Waals surface area contributed by atoms with Gasteiger partial charge in [0.15, 0.2) is 23.0 Å². The van der Waals surface area contributed by atoms with E-state index in [0.717, 1.165) is 9.86 Å². The fraction of sp³-hybridized carbons (Fsp3) is 0.250. The Morgan fingerprint density at radius 1 is 1.16 bits per heavy atom. The molecular formula is C24H22BrNO6. The van der Waals surface area contributed by atoms with E-state index in [1.807, 2.05) is 13.0 Å². The summed E-state index contributed by atoms with van der Waals surface area (Å²) >= 11 is 3.39. The highest BCUT2D eigenvalue weighted by Gasteiger charge is 2.44. The molecule has 1 aliphatic rings. The van der Waals surface area contributed by atoms with Gasteiger partial charge in [-0.2, -0.15) is 0 Å². The standard InChI is InChI=1S/C24H22BrNO6/c1-3-9-26-21(13-5-7-16(27)18(11-13)31-4-2)20(23(29)24(26)30)22(28)19-12-14-10-15(25)6-8-17(14)32-19/h5-8,10-12,21,27,29H,3-4,9H2,1-2H3. The number of carbonyl (C=O) groups excluding carboxylic acids is 2. The Labute approximate surface area is 193 Å². The van der Waals surface area contributed by atoms with Crippen molar-refractivity contribution in [2.75, 3.05) is 13.2 Å². The van der Waals surface area contributed by atoms with Gasteiger partial charge in [-0.1, -0.05) is 28.9 Å². The van der Waals surface area contributed by atoms with Gasteiger partial charge in [0.05, 0.1) is 18.2 Å². The summed E-state index contributed by atoms with van der Waals surface area (Å²) < 4.78 is 12.0. The molecule has 2 aromatic carbocycles. The molecule has 0 saturated heterocycles. The second kappa shape index (κ2) is 8.70. The van der Waals surface area contributed by atoms with Crippen molar-refractivity contribution in [1.82, 2.24) is 4.90 Å². The number of aliphatic hydroxyl groups is 1. The van der Waals surface area contributed by atoms with Crippen LogP contribution in [0.25, 0.3) is 11.0 Å². The van der Waals surface area contributed by atoms with E-state index in [4.69, 9.17) is 9.15 Å². The molecule has 1 atom stereocenters. The highest BCUT2D eigenvalue weighted by Crippen LogP contribution is 2.42. The summed E-state index contributed by atoms with van der Waals surface area (Å²) in [7, 11) is 0. The van der Waals surface area contributed by atoms with Crippen molar-refractivity contribution in [3.63, 3.8) is 0 Å². The van der Waals surface area contributed by atoms with Crippen LogP contribution < -0.4 is 4.74 Å². The number of ether oxygens (including phenoxy) is 1. The Morgan fingerprint density at radius 2 is 1.94 bits per heavy atom. The lowest BCUT2D eigenvalue weighted by Crippen LogP contribution is -2.31. The van der Waals surface area contributed by atoms with Crippen molar-refractivity contribution in [2.45, 2.75) is 26.3 Å². The van der Waals surface area contributed by atoms with Crippen molar-refractivity contribution in [3.05, 3.63) is 69.6 Å². The van der Waals surface area contributed by atoms with Gasteiger partial charge in [-0.3, -0.25) is 9.59 Å². The number of phenols is 1. The number of rotatable bonds is 7. The lowest BCUT2D eigenvalue weighted by molar-refractivity contribution is -0.129. The molecule has 166 valence electrons. The number of hydrogen-bond acceptors (Lipinski definition) is 6. The van der Waals surface area contributed by atoms with Gasteiger partial charge in [-0.15, -0.1) is 0 Å². The lowest BCUT2D eigenvalue weighted by atomic mass is 9.94. The Kier molecular flexibility index (Phi) is 5.97. The molecule has 1 unspecified atom stereocenters. The van der Waals surface area contributed by atoms with Crippen molar-refractivity contribution in [1.29, 1.82) is 0 Å². The van der Waals surface area contributed by atoms with Crippen LogP contribution in [0.2, 0.25) is 0 Å². The van der Waals surface area contributed by atoms with Gasteiger partial charge in [0.25, 0.3) is 5.91 Å². The van der Waals surface area contributed by atoms with Gasteiger partial charge >= 0.3 is 0 Å². The molecule has 2 N–H and O–H groups in total. The first-order valence-corrected chi connectivity index (χ1v) is 11.1. The van der Waals surface area contributed by atoms with E-state index in [2.05, 4.69) is 15.9 Å². The van der Waals surface area contributed by atoms with E-state index in [1.54, 1.807) is 37.3 Å². The molecule has 3 aromatic rings. The van der Waals surface area contributed by atoms with Gasteiger partial charge in [0.2, 0.25) is 5.78 Å². The molecule has 1 aliphatic heterocycles. The zero-order chi connectivity index (χ0) is 23.0. The summed E-state index contributed by atoms with van der Waals surface area (Å²) in [6, 6.07) is 10.8. The fourth-order valence-corrected chi connectivity index (χ4v) is 4.31. The van der Waals surface area contributed by atoms with Crippen LogP contribution in [-0.4, -0.2) is 40.0 Å². The summed E-state index contributed by atoms with van der Waals surface area (Å²) in [5.41, 5.74) is 1.00. The second-order valence-corrected chi connectivity index (χ2v) is 8.36. The molecule has 1 amide bonds. The minimum atomic E-state index is -0.838. The van der Waals surface area contributed by atoms with Crippen LogP contribution in [0.1, 0.15) is 42.4 Å². The number of Topliss-reactive ketones (excluding diaryl/α,β-unsaturated/α-hetero) is 1. The molecule has 0 bridgehead atoms. The van der Waals surface area contributed by atoms with Crippen LogP contribution in [0.3, 0.4) is 0 Å². The average molecular weight is 500 g/mol. The average Bonchev–Trinajstić information content (AvgIpc) is 3.29. The first-order valence-electron chi connectivity index (χ1n) is 10.3. The molecule has 2 heterocycles.